The van der Waals surface area contributed by atoms with E-state index in [-0.39, 0.29) is 0 Å². The molecule has 0 aliphatic carbocycles. The van der Waals surface area contributed by atoms with Crippen LogP contribution in [0, 0.1) is 13.8 Å². The minimum atomic E-state index is 0.646. The van der Waals surface area contributed by atoms with E-state index in [1.54, 1.807) is 9.36 Å². The molecule has 20 heavy (non-hydrogen) atoms. The third kappa shape index (κ3) is 1.93. The molecule has 0 saturated carbocycles. The number of aromatic nitrogens is 6. The molecule has 0 aliphatic rings. The Morgan fingerprint density at radius 3 is 2.65 bits per heavy atom. The molecule has 0 unspecified atom stereocenters. The van der Waals surface area contributed by atoms with E-state index in [1.165, 1.54) is 0 Å². The molecule has 7 heteroatoms. The highest BCUT2D eigenvalue weighted by molar-refractivity contribution is 5.64. The van der Waals surface area contributed by atoms with Gasteiger partial charge in [-0.3, -0.25) is 4.68 Å². The Balaban J connectivity index is 2.15. The van der Waals surface area contributed by atoms with Crippen molar-refractivity contribution in [3.05, 3.63) is 35.7 Å². The molecule has 2 heterocycles. The minimum Gasteiger partial charge on any atom is -0.398 e. The lowest BCUT2D eigenvalue weighted by atomic mass is 10.1. The van der Waals surface area contributed by atoms with Crippen LogP contribution in [0.2, 0.25) is 0 Å². The number of tetrazole rings is 1. The molecule has 0 atom stereocenters. The standard InChI is InChI=1S/C13H15N7/c1-8-4-5-10(6-11(8)14)13-15-17-18-20(13)12-7-19(3)16-9(12)2/h4-7H,14H2,1-3H3. The van der Waals surface area contributed by atoms with Crippen LogP contribution in [0.3, 0.4) is 0 Å². The van der Waals surface area contributed by atoms with Gasteiger partial charge in [-0.2, -0.15) is 9.78 Å². The van der Waals surface area contributed by atoms with Crippen molar-refractivity contribution in [2.24, 2.45) is 7.05 Å². The van der Waals surface area contributed by atoms with Crippen LogP contribution in [0.15, 0.2) is 24.4 Å². The summed E-state index contributed by atoms with van der Waals surface area (Å²) in [7, 11) is 1.87. The van der Waals surface area contributed by atoms with Gasteiger partial charge in [-0.1, -0.05) is 12.1 Å². The molecule has 2 N–H and O–H groups in total. The van der Waals surface area contributed by atoms with E-state index in [1.807, 2.05) is 45.3 Å². The lowest BCUT2D eigenvalue weighted by Crippen LogP contribution is -2.01. The predicted molar refractivity (Wildman–Crippen MR) is 75.2 cm³/mol. The molecule has 0 spiro atoms. The Labute approximate surface area is 116 Å². The van der Waals surface area contributed by atoms with E-state index in [0.717, 1.165) is 28.2 Å². The number of nitrogen functional groups attached to an aromatic ring is 1. The molecule has 1 aromatic carbocycles. The molecule has 0 saturated heterocycles. The summed E-state index contributed by atoms with van der Waals surface area (Å²) < 4.78 is 3.41. The van der Waals surface area contributed by atoms with Crippen molar-refractivity contribution in [2.45, 2.75) is 13.8 Å². The first kappa shape index (κ1) is 12.3. The molecular formula is C13H15N7. The van der Waals surface area contributed by atoms with Crippen molar-refractivity contribution >= 4 is 5.69 Å². The molecule has 0 bridgehead atoms. The van der Waals surface area contributed by atoms with Crippen molar-refractivity contribution in [2.75, 3.05) is 5.73 Å². The number of hydrogen-bond acceptors (Lipinski definition) is 5. The highest BCUT2D eigenvalue weighted by Crippen LogP contribution is 2.24. The van der Waals surface area contributed by atoms with Gasteiger partial charge in [0.1, 0.15) is 5.69 Å². The summed E-state index contributed by atoms with van der Waals surface area (Å²) in [4.78, 5) is 0. The van der Waals surface area contributed by atoms with Crippen LogP contribution in [-0.4, -0.2) is 30.0 Å². The van der Waals surface area contributed by atoms with Crippen LogP contribution in [-0.2, 0) is 7.05 Å². The molecule has 2 aromatic heterocycles. The van der Waals surface area contributed by atoms with E-state index in [2.05, 4.69) is 20.6 Å². The largest absolute Gasteiger partial charge is 0.398 e. The van der Waals surface area contributed by atoms with Gasteiger partial charge in [-0.15, -0.1) is 5.10 Å². The zero-order valence-electron chi connectivity index (χ0n) is 11.6. The summed E-state index contributed by atoms with van der Waals surface area (Å²) in [5, 5.41) is 16.2. The van der Waals surface area contributed by atoms with Crippen molar-refractivity contribution < 1.29 is 0 Å². The van der Waals surface area contributed by atoms with Gasteiger partial charge in [0.25, 0.3) is 0 Å². The maximum atomic E-state index is 5.96. The zero-order valence-corrected chi connectivity index (χ0v) is 11.6. The highest BCUT2D eigenvalue weighted by Gasteiger charge is 2.15. The maximum absolute atomic E-state index is 5.96. The normalized spacial score (nSPS) is 10.9. The van der Waals surface area contributed by atoms with E-state index in [0.29, 0.717) is 5.82 Å². The third-order valence-electron chi connectivity index (χ3n) is 3.22. The Hall–Kier alpha value is -2.70. The van der Waals surface area contributed by atoms with Crippen LogP contribution in [0.4, 0.5) is 5.69 Å². The fraction of sp³-hybridized carbons (Fsp3) is 0.231. The number of nitrogens with zero attached hydrogens (tertiary/aromatic N) is 6. The number of rotatable bonds is 2. The van der Waals surface area contributed by atoms with Gasteiger partial charge in [-0.05, 0) is 35.9 Å². The lowest BCUT2D eigenvalue weighted by Gasteiger charge is -2.05. The third-order valence-corrected chi connectivity index (χ3v) is 3.22. The smallest absolute Gasteiger partial charge is 0.187 e. The van der Waals surface area contributed by atoms with Crippen molar-refractivity contribution in [1.29, 1.82) is 0 Å². The molecule has 0 fully saturated rings. The SMILES string of the molecule is Cc1ccc(-c2nnnn2-c2cn(C)nc2C)cc1N. The van der Waals surface area contributed by atoms with Crippen molar-refractivity contribution in [1.82, 2.24) is 30.0 Å². The maximum Gasteiger partial charge on any atom is 0.187 e. The van der Waals surface area contributed by atoms with Gasteiger partial charge in [0.2, 0.25) is 0 Å². The molecule has 7 nitrogen and oxygen atoms in total. The Morgan fingerprint density at radius 1 is 1.20 bits per heavy atom. The Bertz CT molecular complexity index is 769. The average Bonchev–Trinajstić information content (AvgIpc) is 2.99. The zero-order chi connectivity index (χ0) is 14.3. The highest BCUT2D eigenvalue weighted by atomic mass is 15.5. The van der Waals surface area contributed by atoms with Gasteiger partial charge in [0.15, 0.2) is 5.82 Å². The molecule has 0 radical (unpaired) electrons. The van der Waals surface area contributed by atoms with Gasteiger partial charge in [0.05, 0.1) is 11.9 Å². The summed E-state index contributed by atoms with van der Waals surface area (Å²) in [6.45, 7) is 3.89. The van der Waals surface area contributed by atoms with Gasteiger partial charge in [-0.25, -0.2) is 0 Å². The quantitative estimate of drug-likeness (QED) is 0.708. The number of aryl methyl sites for hydroxylation is 3. The second-order valence-electron chi connectivity index (χ2n) is 4.76. The van der Waals surface area contributed by atoms with Crippen molar-refractivity contribution in [3.63, 3.8) is 0 Å². The topological polar surface area (TPSA) is 87.4 Å². The summed E-state index contributed by atoms with van der Waals surface area (Å²) >= 11 is 0. The van der Waals surface area contributed by atoms with Gasteiger partial charge in [0, 0.05) is 18.3 Å². The molecular weight excluding hydrogens is 254 g/mol. The van der Waals surface area contributed by atoms with E-state index >= 15 is 0 Å². The number of anilines is 1. The second-order valence-corrected chi connectivity index (χ2v) is 4.76. The van der Waals surface area contributed by atoms with Gasteiger partial charge < -0.3 is 5.73 Å². The van der Waals surface area contributed by atoms with E-state index < -0.39 is 0 Å². The number of benzene rings is 1. The molecule has 0 aliphatic heterocycles. The summed E-state index contributed by atoms with van der Waals surface area (Å²) in [6, 6.07) is 5.79. The minimum absolute atomic E-state index is 0.646. The first-order chi connectivity index (χ1) is 9.56. The van der Waals surface area contributed by atoms with Crippen molar-refractivity contribution in [3.8, 4) is 17.1 Å². The molecule has 102 valence electrons. The summed E-state index contributed by atoms with van der Waals surface area (Å²) in [6.07, 6.45) is 1.88. The fourth-order valence-electron chi connectivity index (χ4n) is 2.10. The fourth-order valence-corrected chi connectivity index (χ4v) is 2.10. The number of nitrogens with two attached hydrogens (primary N) is 1. The molecule has 3 rings (SSSR count). The Morgan fingerprint density at radius 2 is 2.00 bits per heavy atom. The molecule has 3 aromatic rings. The predicted octanol–water partition coefficient (Wildman–Crippen LogP) is 1.26. The summed E-state index contributed by atoms with van der Waals surface area (Å²) in [5.41, 5.74) is 10.3. The average molecular weight is 269 g/mol. The van der Waals surface area contributed by atoms with E-state index in [9.17, 15) is 0 Å². The van der Waals surface area contributed by atoms with Gasteiger partial charge >= 0.3 is 0 Å². The summed E-state index contributed by atoms with van der Waals surface area (Å²) in [5.74, 6) is 0.646. The van der Waals surface area contributed by atoms with Crippen LogP contribution >= 0.6 is 0 Å². The second kappa shape index (κ2) is 4.44. The number of hydrogen-bond donors (Lipinski definition) is 1. The molecule has 0 amide bonds. The first-order valence-corrected chi connectivity index (χ1v) is 6.22. The van der Waals surface area contributed by atoms with Crippen LogP contribution < -0.4 is 5.73 Å². The van der Waals surface area contributed by atoms with Crippen LogP contribution in [0.1, 0.15) is 11.3 Å². The first-order valence-electron chi connectivity index (χ1n) is 6.22. The Kier molecular flexibility index (Phi) is 2.74. The van der Waals surface area contributed by atoms with E-state index in [4.69, 9.17) is 5.73 Å². The lowest BCUT2D eigenvalue weighted by molar-refractivity contribution is 0.755. The van der Waals surface area contributed by atoms with Crippen LogP contribution in [0.5, 0.6) is 0 Å². The monoisotopic (exact) mass is 269 g/mol. The van der Waals surface area contributed by atoms with Crippen LogP contribution in [0.25, 0.3) is 17.1 Å².